The van der Waals surface area contributed by atoms with Gasteiger partial charge in [0.05, 0.1) is 12.6 Å². The summed E-state index contributed by atoms with van der Waals surface area (Å²) in [5.74, 6) is 1.01. The molecule has 1 aromatic carbocycles. The maximum atomic E-state index is 6.18. The maximum Gasteiger partial charge on any atom is 0.127 e. The molecule has 0 saturated carbocycles. The van der Waals surface area contributed by atoms with Gasteiger partial charge in [0.15, 0.2) is 0 Å². The van der Waals surface area contributed by atoms with Gasteiger partial charge in [-0.3, -0.25) is 0 Å². The van der Waals surface area contributed by atoms with Crippen LogP contribution in [-0.4, -0.2) is 11.6 Å². The molecular formula is C15H17ClN2OS. The van der Waals surface area contributed by atoms with E-state index in [9.17, 15) is 0 Å². The highest BCUT2D eigenvalue weighted by atomic mass is 35.5. The van der Waals surface area contributed by atoms with Gasteiger partial charge >= 0.3 is 0 Å². The molecule has 1 atom stereocenters. The van der Waals surface area contributed by atoms with Gasteiger partial charge in [-0.25, -0.2) is 4.98 Å². The van der Waals surface area contributed by atoms with Gasteiger partial charge in [-0.2, -0.15) is 0 Å². The second kappa shape index (κ2) is 6.12. The average molecular weight is 309 g/mol. The normalized spacial score (nSPS) is 14.9. The fraction of sp³-hybridized carbons (Fsp3) is 0.400. The van der Waals surface area contributed by atoms with Crippen LogP contribution in [0.5, 0.6) is 5.75 Å². The van der Waals surface area contributed by atoms with Crippen LogP contribution >= 0.6 is 22.9 Å². The summed E-state index contributed by atoms with van der Waals surface area (Å²) in [5.41, 5.74) is 2.36. The predicted molar refractivity (Wildman–Crippen MR) is 82.6 cm³/mol. The van der Waals surface area contributed by atoms with E-state index in [0.29, 0.717) is 0 Å². The maximum absolute atomic E-state index is 6.18. The van der Waals surface area contributed by atoms with Gasteiger partial charge in [0.2, 0.25) is 0 Å². The van der Waals surface area contributed by atoms with Crippen LogP contribution in [-0.2, 0) is 13.0 Å². The fourth-order valence-corrected chi connectivity index (χ4v) is 3.58. The Morgan fingerprint density at radius 1 is 1.50 bits per heavy atom. The molecule has 5 heteroatoms. The lowest BCUT2D eigenvalue weighted by Crippen LogP contribution is -2.20. The first-order valence-electron chi connectivity index (χ1n) is 6.84. The molecule has 0 spiro atoms. The molecule has 0 aliphatic carbocycles. The van der Waals surface area contributed by atoms with E-state index in [0.717, 1.165) is 47.3 Å². The molecule has 1 unspecified atom stereocenters. The van der Waals surface area contributed by atoms with Crippen molar-refractivity contribution in [3.8, 4) is 5.75 Å². The minimum Gasteiger partial charge on any atom is -0.493 e. The van der Waals surface area contributed by atoms with Gasteiger partial charge in [-0.15, -0.1) is 11.3 Å². The third kappa shape index (κ3) is 2.82. The molecule has 0 saturated heterocycles. The summed E-state index contributed by atoms with van der Waals surface area (Å²) < 4.78 is 5.73. The molecule has 0 radical (unpaired) electrons. The number of aromatic nitrogens is 1. The van der Waals surface area contributed by atoms with Crippen LogP contribution in [0.4, 0.5) is 0 Å². The SMILES string of the molecule is CCC(NCc1cc(Cl)cc2c1OCC2)c1nccs1. The van der Waals surface area contributed by atoms with Gasteiger partial charge in [-0.05, 0) is 24.1 Å². The Labute approximate surface area is 127 Å². The summed E-state index contributed by atoms with van der Waals surface area (Å²) >= 11 is 7.87. The topological polar surface area (TPSA) is 34.1 Å². The molecule has 0 amide bonds. The van der Waals surface area contributed by atoms with E-state index in [4.69, 9.17) is 16.3 Å². The van der Waals surface area contributed by atoms with E-state index in [1.54, 1.807) is 11.3 Å². The van der Waals surface area contributed by atoms with Gasteiger partial charge in [0.1, 0.15) is 10.8 Å². The zero-order valence-electron chi connectivity index (χ0n) is 11.4. The number of thiazole rings is 1. The van der Waals surface area contributed by atoms with Crippen molar-refractivity contribution in [3.05, 3.63) is 44.9 Å². The van der Waals surface area contributed by atoms with Crippen molar-refractivity contribution < 1.29 is 4.74 Å². The number of rotatable bonds is 5. The number of hydrogen-bond donors (Lipinski definition) is 1. The second-order valence-corrected chi connectivity index (χ2v) is 6.23. The summed E-state index contributed by atoms with van der Waals surface area (Å²) in [4.78, 5) is 4.39. The number of hydrogen-bond acceptors (Lipinski definition) is 4. The monoisotopic (exact) mass is 308 g/mol. The highest BCUT2D eigenvalue weighted by molar-refractivity contribution is 7.09. The van der Waals surface area contributed by atoms with Crippen LogP contribution in [0.2, 0.25) is 5.02 Å². The molecule has 0 fully saturated rings. The van der Waals surface area contributed by atoms with Gasteiger partial charge in [0, 0.05) is 35.1 Å². The summed E-state index contributed by atoms with van der Waals surface area (Å²) in [7, 11) is 0. The first-order valence-corrected chi connectivity index (χ1v) is 8.10. The molecule has 3 rings (SSSR count). The van der Waals surface area contributed by atoms with E-state index in [2.05, 4.69) is 17.2 Å². The quantitative estimate of drug-likeness (QED) is 0.907. The minimum absolute atomic E-state index is 0.283. The molecule has 106 valence electrons. The number of ether oxygens (including phenoxy) is 1. The zero-order valence-corrected chi connectivity index (χ0v) is 12.9. The Balaban J connectivity index is 1.75. The largest absolute Gasteiger partial charge is 0.493 e. The van der Waals surface area contributed by atoms with E-state index < -0.39 is 0 Å². The number of benzene rings is 1. The lowest BCUT2D eigenvalue weighted by molar-refractivity contribution is 0.351. The molecule has 0 bridgehead atoms. The van der Waals surface area contributed by atoms with Gasteiger partial charge in [0.25, 0.3) is 0 Å². The Bertz CT molecular complexity index is 586. The van der Waals surface area contributed by atoms with Crippen LogP contribution in [0.15, 0.2) is 23.7 Å². The van der Waals surface area contributed by atoms with E-state index in [1.807, 2.05) is 23.7 Å². The summed E-state index contributed by atoms with van der Waals surface area (Å²) in [5, 5.41) is 7.49. The van der Waals surface area contributed by atoms with Crippen molar-refractivity contribution in [3.63, 3.8) is 0 Å². The third-order valence-electron chi connectivity index (χ3n) is 3.52. The van der Waals surface area contributed by atoms with Crippen molar-refractivity contribution in [2.45, 2.75) is 32.4 Å². The number of nitrogens with one attached hydrogen (secondary N) is 1. The molecule has 1 N–H and O–H groups in total. The van der Waals surface area contributed by atoms with Crippen molar-refractivity contribution in [1.29, 1.82) is 0 Å². The van der Waals surface area contributed by atoms with Gasteiger partial charge < -0.3 is 10.1 Å². The Morgan fingerprint density at radius 2 is 2.40 bits per heavy atom. The Hall–Kier alpha value is -1.10. The predicted octanol–water partition coefficient (Wildman–Crippen LogP) is 3.97. The second-order valence-electron chi connectivity index (χ2n) is 4.86. The fourth-order valence-electron chi connectivity index (χ4n) is 2.52. The molecule has 1 aromatic heterocycles. The third-order valence-corrected chi connectivity index (χ3v) is 4.63. The van der Waals surface area contributed by atoms with Crippen LogP contribution in [0.3, 0.4) is 0 Å². The Kier molecular flexibility index (Phi) is 4.24. The standard InChI is InChI=1S/C15H17ClN2OS/c1-2-13(15-17-4-6-20-15)18-9-11-8-12(16)7-10-3-5-19-14(10)11/h4,6-8,13,18H,2-3,5,9H2,1H3. The summed E-state index contributed by atoms with van der Waals surface area (Å²) in [6.45, 7) is 3.67. The van der Waals surface area contributed by atoms with Crippen molar-refractivity contribution in [2.24, 2.45) is 0 Å². The molecule has 2 aromatic rings. The zero-order chi connectivity index (χ0) is 13.9. The van der Waals surface area contributed by atoms with Crippen molar-refractivity contribution >= 4 is 22.9 Å². The van der Waals surface area contributed by atoms with Crippen molar-refractivity contribution in [1.82, 2.24) is 10.3 Å². The van der Waals surface area contributed by atoms with Crippen LogP contribution in [0.1, 0.15) is 35.5 Å². The summed E-state index contributed by atoms with van der Waals surface area (Å²) in [6.07, 6.45) is 3.81. The molecule has 3 nitrogen and oxygen atoms in total. The first-order chi connectivity index (χ1) is 9.78. The van der Waals surface area contributed by atoms with Gasteiger partial charge in [-0.1, -0.05) is 18.5 Å². The van der Waals surface area contributed by atoms with Crippen molar-refractivity contribution in [2.75, 3.05) is 6.61 Å². The lowest BCUT2D eigenvalue weighted by Gasteiger charge is -2.16. The number of halogens is 1. The van der Waals surface area contributed by atoms with Crippen LogP contribution in [0.25, 0.3) is 0 Å². The number of nitrogens with zero attached hydrogens (tertiary/aromatic N) is 1. The van der Waals surface area contributed by atoms with E-state index in [1.165, 1.54) is 5.56 Å². The lowest BCUT2D eigenvalue weighted by atomic mass is 10.1. The average Bonchev–Trinajstić information content (AvgIpc) is 3.09. The molecule has 2 heterocycles. The van der Waals surface area contributed by atoms with E-state index in [-0.39, 0.29) is 6.04 Å². The summed E-state index contributed by atoms with van der Waals surface area (Å²) in [6, 6.07) is 4.28. The van der Waals surface area contributed by atoms with Crippen LogP contribution < -0.4 is 10.1 Å². The smallest absolute Gasteiger partial charge is 0.127 e. The van der Waals surface area contributed by atoms with E-state index >= 15 is 0 Å². The van der Waals surface area contributed by atoms with Crippen LogP contribution in [0, 0.1) is 0 Å². The minimum atomic E-state index is 0.283. The molecule has 1 aliphatic rings. The highest BCUT2D eigenvalue weighted by Gasteiger charge is 2.19. The molecule has 20 heavy (non-hydrogen) atoms. The Morgan fingerprint density at radius 3 is 3.15 bits per heavy atom. The first kappa shape index (κ1) is 13.9. The molecule has 1 aliphatic heterocycles. The number of fused-ring (bicyclic) bond motifs is 1. The highest BCUT2D eigenvalue weighted by Crippen LogP contribution is 2.33. The molecular weight excluding hydrogens is 292 g/mol.